The van der Waals surface area contributed by atoms with E-state index < -0.39 is 11.9 Å². The molecule has 0 bridgehead atoms. The Morgan fingerprint density at radius 3 is 2.57 bits per heavy atom. The highest BCUT2D eigenvalue weighted by Crippen LogP contribution is 2.16. The maximum Gasteiger partial charge on any atom is 0.240 e. The van der Waals surface area contributed by atoms with Crippen LogP contribution in [0.2, 0.25) is 0 Å². The lowest BCUT2D eigenvalue weighted by molar-refractivity contribution is -0.128. The van der Waals surface area contributed by atoms with Gasteiger partial charge in [0, 0.05) is 6.42 Å². The van der Waals surface area contributed by atoms with Crippen molar-refractivity contribution in [2.75, 3.05) is 0 Å². The summed E-state index contributed by atoms with van der Waals surface area (Å²) in [6, 6.07) is 14.9. The third kappa shape index (κ3) is 4.30. The predicted molar refractivity (Wildman–Crippen MR) is 88.2 cm³/mol. The Morgan fingerprint density at radius 2 is 1.91 bits per heavy atom. The zero-order chi connectivity index (χ0) is 16.8. The molecule has 0 saturated carbocycles. The Kier molecular flexibility index (Phi) is 5.32. The van der Waals surface area contributed by atoms with Crippen LogP contribution in [0, 0.1) is 17.2 Å². The van der Waals surface area contributed by atoms with Gasteiger partial charge >= 0.3 is 0 Å². The van der Waals surface area contributed by atoms with E-state index in [0.29, 0.717) is 0 Å². The van der Waals surface area contributed by atoms with Gasteiger partial charge in [0.05, 0.1) is 12.5 Å². The van der Waals surface area contributed by atoms with E-state index in [2.05, 4.69) is 5.32 Å². The monoisotopic (exact) mass is 309 g/mol. The number of nitrogens with two attached hydrogens (primary N) is 1. The van der Waals surface area contributed by atoms with Gasteiger partial charge in [-0.2, -0.15) is 5.26 Å². The van der Waals surface area contributed by atoms with Crippen molar-refractivity contribution in [1.29, 1.82) is 5.26 Å². The maximum atomic E-state index is 12.2. The van der Waals surface area contributed by atoms with E-state index in [1.165, 1.54) is 0 Å². The summed E-state index contributed by atoms with van der Waals surface area (Å²) in [5, 5.41) is 13.5. The van der Waals surface area contributed by atoms with Crippen LogP contribution >= 0.6 is 0 Å². The summed E-state index contributed by atoms with van der Waals surface area (Å²) in [6.07, 6.45) is 0.317. The molecule has 5 nitrogen and oxygen atoms in total. The number of nitrogens with zero attached hydrogens (tertiary/aromatic N) is 1. The minimum atomic E-state index is -0.831. The number of hydrogen-bond donors (Lipinski definition) is 2. The molecule has 2 atom stereocenters. The topological polar surface area (TPSA) is 96.0 Å². The second-order valence-electron chi connectivity index (χ2n) is 5.65. The fourth-order valence-electron chi connectivity index (χ4n) is 2.51. The second-order valence-corrected chi connectivity index (χ2v) is 5.65. The standard InChI is InChI=1S/C18H19N3O2/c1-12(8-9-19)17(18(20)23)21-16(22)11-13-6-7-14-4-2-3-5-15(14)10-13/h2-7,10,12,17H,8,11H2,1H3,(H2,20,23)(H,21,22)/t12-,17+/m1/s1. The molecule has 3 N–H and O–H groups in total. The van der Waals surface area contributed by atoms with Gasteiger partial charge in [-0.25, -0.2) is 0 Å². The lowest BCUT2D eigenvalue weighted by Crippen LogP contribution is -2.48. The van der Waals surface area contributed by atoms with Gasteiger partial charge in [-0.05, 0) is 22.3 Å². The quantitative estimate of drug-likeness (QED) is 0.853. The molecule has 23 heavy (non-hydrogen) atoms. The number of rotatable bonds is 6. The molecule has 0 unspecified atom stereocenters. The number of amides is 2. The molecule has 0 saturated heterocycles. The van der Waals surface area contributed by atoms with E-state index in [-0.39, 0.29) is 24.7 Å². The van der Waals surface area contributed by atoms with Crippen LogP contribution in [0.25, 0.3) is 10.8 Å². The van der Waals surface area contributed by atoms with E-state index in [9.17, 15) is 9.59 Å². The van der Waals surface area contributed by atoms with Crippen LogP contribution in [0.5, 0.6) is 0 Å². The van der Waals surface area contributed by atoms with Gasteiger partial charge < -0.3 is 11.1 Å². The smallest absolute Gasteiger partial charge is 0.240 e. The number of primary amides is 1. The third-order valence-electron chi connectivity index (χ3n) is 3.78. The molecule has 2 amide bonds. The highest BCUT2D eigenvalue weighted by atomic mass is 16.2. The zero-order valence-corrected chi connectivity index (χ0v) is 13.0. The lowest BCUT2D eigenvalue weighted by Gasteiger charge is -2.20. The normalized spacial score (nSPS) is 13.0. The number of hydrogen-bond acceptors (Lipinski definition) is 3. The number of benzene rings is 2. The molecule has 2 aromatic rings. The van der Waals surface area contributed by atoms with Crippen molar-refractivity contribution in [2.45, 2.75) is 25.8 Å². The maximum absolute atomic E-state index is 12.2. The van der Waals surface area contributed by atoms with Crippen LogP contribution in [-0.4, -0.2) is 17.9 Å². The summed E-state index contributed by atoms with van der Waals surface area (Å²) < 4.78 is 0. The minimum Gasteiger partial charge on any atom is -0.368 e. The summed E-state index contributed by atoms with van der Waals surface area (Å²) in [5.41, 5.74) is 6.18. The first-order valence-corrected chi connectivity index (χ1v) is 7.44. The molecule has 5 heteroatoms. The number of nitriles is 1. The van der Waals surface area contributed by atoms with Gasteiger partial charge in [0.25, 0.3) is 0 Å². The van der Waals surface area contributed by atoms with Crippen LogP contribution in [0.1, 0.15) is 18.9 Å². The van der Waals surface area contributed by atoms with Gasteiger partial charge in [-0.15, -0.1) is 0 Å². The largest absolute Gasteiger partial charge is 0.368 e. The molecular formula is C18H19N3O2. The molecule has 0 fully saturated rings. The van der Waals surface area contributed by atoms with Gasteiger partial charge in [-0.1, -0.05) is 49.4 Å². The molecule has 0 aliphatic carbocycles. The number of fused-ring (bicyclic) bond motifs is 1. The predicted octanol–water partition coefficient (Wildman–Crippen LogP) is 1.90. The van der Waals surface area contributed by atoms with E-state index in [1.807, 2.05) is 48.5 Å². The van der Waals surface area contributed by atoms with Crippen molar-refractivity contribution in [3.8, 4) is 6.07 Å². The average molecular weight is 309 g/mol. The third-order valence-corrected chi connectivity index (χ3v) is 3.78. The van der Waals surface area contributed by atoms with Crippen molar-refractivity contribution in [2.24, 2.45) is 11.7 Å². The average Bonchev–Trinajstić information content (AvgIpc) is 2.52. The summed E-state index contributed by atoms with van der Waals surface area (Å²) >= 11 is 0. The van der Waals surface area contributed by atoms with Crippen molar-refractivity contribution >= 4 is 22.6 Å². The van der Waals surface area contributed by atoms with Crippen LogP contribution in [0.15, 0.2) is 42.5 Å². The molecule has 0 aliphatic rings. The Hall–Kier alpha value is -2.87. The molecule has 0 heterocycles. The first kappa shape index (κ1) is 16.5. The highest BCUT2D eigenvalue weighted by Gasteiger charge is 2.24. The van der Waals surface area contributed by atoms with Crippen molar-refractivity contribution < 1.29 is 9.59 Å². The summed E-state index contributed by atoms with van der Waals surface area (Å²) in [7, 11) is 0. The molecule has 0 radical (unpaired) electrons. The molecule has 2 rings (SSSR count). The van der Waals surface area contributed by atoms with E-state index in [1.54, 1.807) is 6.92 Å². The zero-order valence-electron chi connectivity index (χ0n) is 13.0. The van der Waals surface area contributed by atoms with E-state index in [4.69, 9.17) is 11.0 Å². The van der Waals surface area contributed by atoms with Gasteiger partial charge in [0.1, 0.15) is 6.04 Å². The van der Waals surface area contributed by atoms with Crippen LogP contribution in [0.3, 0.4) is 0 Å². The lowest BCUT2D eigenvalue weighted by atomic mass is 9.98. The summed E-state index contributed by atoms with van der Waals surface area (Å²) in [6.45, 7) is 1.72. The van der Waals surface area contributed by atoms with Crippen LogP contribution in [0.4, 0.5) is 0 Å². The highest BCUT2D eigenvalue weighted by molar-refractivity contribution is 5.89. The fourth-order valence-corrected chi connectivity index (χ4v) is 2.51. The Bertz CT molecular complexity index is 764. The van der Waals surface area contributed by atoms with Gasteiger partial charge in [0.15, 0.2) is 0 Å². The molecule has 0 aliphatic heterocycles. The Balaban J connectivity index is 2.07. The van der Waals surface area contributed by atoms with Crippen molar-refractivity contribution in [1.82, 2.24) is 5.32 Å². The van der Waals surface area contributed by atoms with E-state index >= 15 is 0 Å². The first-order valence-electron chi connectivity index (χ1n) is 7.44. The van der Waals surface area contributed by atoms with Crippen LogP contribution < -0.4 is 11.1 Å². The van der Waals surface area contributed by atoms with Crippen molar-refractivity contribution in [3.63, 3.8) is 0 Å². The number of carbonyl (C=O) groups excluding carboxylic acids is 2. The minimum absolute atomic E-state index is 0.157. The second kappa shape index (κ2) is 7.41. The van der Waals surface area contributed by atoms with E-state index in [0.717, 1.165) is 16.3 Å². The number of nitrogens with one attached hydrogen (secondary N) is 1. The fraction of sp³-hybridized carbons (Fsp3) is 0.278. The van der Waals surface area contributed by atoms with Gasteiger partial charge in [-0.3, -0.25) is 9.59 Å². The van der Waals surface area contributed by atoms with Crippen LogP contribution in [-0.2, 0) is 16.0 Å². The molecule has 0 aromatic heterocycles. The molecule has 2 aromatic carbocycles. The first-order chi connectivity index (χ1) is 11.0. The van der Waals surface area contributed by atoms with Gasteiger partial charge in [0.2, 0.25) is 11.8 Å². The Labute approximate surface area is 135 Å². The number of carbonyl (C=O) groups is 2. The summed E-state index contributed by atoms with van der Waals surface area (Å²) in [5.74, 6) is -1.23. The molecule has 0 spiro atoms. The van der Waals surface area contributed by atoms with Crippen molar-refractivity contribution in [3.05, 3.63) is 48.0 Å². The SMILES string of the molecule is C[C@H](CC#N)[C@H](NC(=O)Cc1ccc2ccccc2c1)C(N)=O. The molecule has 118 valence electrons. The Morgan fingerprint density at radius 1 is 1.22 bits per heavy atom. The summed E-state index contributed by atoms with van der Waals surface area (Å²) in [4.78, 5) is 23.6. The molecular weight excluding hydrogens is 290 g/mol.